The number of hydrogen-bond acceptors (Lipinski definition) is 6. The van der Waals surface area contributed by atoms with E-state index in [0.717, 1.165) is 36.6 Å². The Morgan fingerprint density at radius 2 is 2.03 bits per heavy atom. The van der Waals surface area contributed by atoms with Gasteiger partial charge in [-0.15, -0.1) is 0 Å². The minimum absolute atomic E-state index is 0.107. The van der Waals surface area contributed by atoms with E-state index in [4.69, 9.17) is 9.47 Å². The lowest BCUT2D eigenvalue weighted by atomic mass is 9.82. The first kappa shape index (κ1) is 23.0. The van der Waals surface area contributed by atoms with E-state index >= 15 is 0 Å². The number of nitrogens with one attached hydrogen (secondary N) is 2. The Hall–Kier alpha value is -2.17. The molecular weight excluding hydrogens is 432 g/mol. The van der Waals surface area contributed by atoms with Crippen molar-refractivity contribution in [2.24, 2.45) is 5.92 Å². The summed E-state index contributed by atoms with van der Waals surface area (Å²) < 4.78 is 38.5. The zero-order valence-electron chi connectivity index (χ0n) is 18.6. The third-order valence-corrected chi connectivity index (χ3v) is 8.92. The summed E-state index contributed by atoms with van der Waals surface area (Å²) in [5.74, 6) is 0.206. The normalized spacial score (nSPS) is 26.9. The first-order valence-corrected chi connectivity index (χ1v) is 12.8. The second-order valence-corrected chi connectivity index (χ2v) is 10.9. The third-order valence-electron chi connectivity index (χ3n) is 6.94. The molecule has 2 fully saturated rings. The molecule has 1 amide bonds. The van der Waals surface area contributed by atoms with E-state index in [-0.39, 0.29) is 12.0 Å². The standard InChI is InChI=1S/C22H32N4O5S/c1-23-32(28,29)21-9-10-26(22(27)30-2)13-18(21)14-31-19-6-3-15(4-7-19)16-5-8-20-17(11-16)12-24-25-20/h5,8,11-12,15,18-19,21,23H,3-4,6-7,9-10,13-14H2,1-2H3,(H,24,25)/t15?,18-,19?,21+/m1/s1. The number of carbonyl (C=O) groups excluding carboxylic acids is 1. The van der Waals surface area contributed by atoms with E-state index in [2.05, 4.69) is 33.1 Å². The van der Waals surface area contributed by atoms with Crippen LogP contribution in [0.4, 0.5) is 4.79 Å². The van der Waals surface area contributed by atoms with Gasteiger partial charge >= 0.3 is 6.09 Å². The molecule has 0 radical (unpaired) electrons. The van der Waals surface area contributed by atoms with Gasteiger partial charge in [0.25, 0.3) is 0 Å². The number of piperidine rings is 1. The third kappa shape index (κ3) is 4.92. The molecule has 1 aromatic carbocycles. The van der Waals surface area contributed by atoms with Gasteiger partial charge in [0.05, 0.1) is 36.8 Å². The summed E-state index contributed by atoms with van der Waals surface area (Å²) in [4.78, 5) is 13.5. The average molecular weight is 465 g/mol. The topological polar surface area (TPSA) is 114 Å². The molecule has 1 aromatic heterocycles. The molecule has 176 valence electrons. The first-order valence-electron chi connectivity index (χ1n) is 11.2. The number of hydrogen-bond donors (Lipinski definition) is 2. The molecule has 32 heavy (non-hydrogen) atoms. The molecule has 0 unspecified atom stereocenters. The fraction of sp³-hybridized carbons (Fsp3) is 0.636. The van der Waals surface area contributed by atoms with Crippen LogP contribution >= 0.6 is 0 Å². The highest BCUT2D eigenvalue weighted by Gasteiger charge is 2.39. The number of benzene rings is 1. The first-order chi connectivity index (χ1) is 15.4. The summed E-state index contributed by atoms with van der Waals surface area (Å²) in [7, 11) is -0.681. The molecule has 2 heterocycles. The highest BCUT2D eigenvalue weighted by atomic mass is 32.2. The van der Waals surface area contributed by atoms with Crippen molar-refractivity contribution in [3.8, 4) is 0 Å². The van der Waals surface area contributed by atoms with Crippen molar-refractivity contribution in [3.05, 3.63) is 30.0 Å². The van der Waals surface area contributed by atoms with Crippen molar-refractivity contribution in [2.45, 2.75) is 49.4 Å². The number of fused-ring (bicyclic) bond motifs is 1. The number of carbonyl (C=O) groups is 1. The van der Waals surface area contributed by atoms with E-state index in [9.17, 15) is 13.2 Å². The quantitative estimate of drug-likeness (QED) is 0.679. The van der Waals surface area contributed by atoms with Crippen molar-refractivity contribution in [1.82, 2.24) is 19.8 Å². The van der Waals surface area contributed by atoms with Crippen molar-refractivity contribution in [2.75, 3.05) is 33.9 Å². The lowest BCUT2D eigenvalue weighted by molar-refractivity contribution is -0.00868. The Morgan fingerprint density at radius 3 is 2.75 bits per heavy atom. The smallest absolute Gasteiger partial charge is 0.409 e. The molecule has 2 aromatic rings. The summed E-state index contributed by atoms with van der Waals surface area (Å²) in [6.45, 7) is 0.995. The zero-order chi connectivity index (χ0) is 22.7. The summed E-state index contributed by atoms with van der Waals surface area (Å²) in [6.07, 6.45) is 5.84. The number of amides is 1. The maximum atomic E-state index is 12.5. The molecule has 9 nitrogen and oxygen atoms in total. The Balaban J connectivity index is 1.34. The van der Waals surface area contributed by atoms with Crippen molar-refractivity contribution in [1.29, 1.82) is 0 Å². The molecule has 2 N–H and O–H groups in total. The Kier molecular flexibility index (Phi) is 7.02. The highest BCUT2D eigenvalue weighted by molar-refractivity contribution is 7.90. The van der Waals surface area contributed by atoms with Gasteiger partial charge in [-0.3, -0.25) is 5.10 Å². The van der Waals surface area contributed by atoms with E-state index in [1.54, 1.807) is 4.90 Å². The molecule has 1 saturated heterocycles. The van der Waals surface area contributed by atoms with Gasteiger partial charge in [0.2, 0.25) is 10.0 Å². The number of methoxy groups -OCH3 is 1. The SMILES string of the molecule is CNS(=O)(=O)[C@H]1CCN(C(=O)OC)C[C@@H]1COC1CCC(c2ccc3[nH]ncc3c2)CC1. The molecular formula is C22H32N4O5S. The van der Waals surface area contributed by atoms with Crippen molar-refractivity contribution >= 4 is 27.0 Å². The Morgan fingerprint density at radius 1 is 1.25 bits per heavy atom. The van der Waals surface area contributed by atoms with Gasteiger partial charge in [0, 0.05) is 24.4 Å². The van der Waals surface area contributed by atoms with Gasteiger partial charge < -0.3 is 14.4 Å². The Bertz CT molecular complexity index is 1030. The van der Waals surface area contributed by atoms with Crippen LogP contribution in [0.5, 0.6) is 0 Å². The van der Waals surface area contributed by atoms with Crippen LogP contribution < -0.4 is 4.72 Å². The van der Waals surface area contributed by atoms with Crippen LogP contribution in [0.1, 0.15) is 43.6 Å². The predicted octanol–water partition coefficient (Wildman–Crippen LogP) is 2.61. The zero-order valence-corrected chi connectivity index (χ0v) is 19.4. The predicted molar refractivity (Wildman–Crippen MR) is 121 cm³/mol. The number of rotatable bonds is 6. The van der Waals surface area contributed by atoms with Crippen LogP contribution in [0, 0.1) is 5.92 Å². The molecule has 1 aliphatic carbocycles. The van der Waals surface area contributed by atoms with Crippen LogP contribution in [0.15, 0.2) is 24.4 Å². The van der Waals surface area contributed by atoms with Gasteiger partial charge in [-0.1, -0.05) is 6.07 Å². The molecule has 4 rings (SSSR count). The molecule has 10 heteroatoms. The molecule has 2 atom stereocenters. The highest BCUT2D eigenvalue weighted by Crippen LogP contribution is 2.35. The number of aromatic amines is 1. The minimum Gasteiger partial charge on any atom is -0.453 e. The van der Waals surface area contributed by atoms with Crippen LogP contribution in [-0.2, 0) is 19.5 Å². The minimum atomic E-state index is -3.45. The lowest BCUT2D eigenvalue weighted by Gasteiger charge is -2.38. The summed E-state index contributed by atoms with van der Waals surface area (Å²) in [5, 5.41) is 7.63. The van der Waals surface area contributed by atoms with Crippen LogP contribution in [-0.4, -0.2) is 74.8 Å². The van der Waals surface area contributed by atoms with Crippen molar-refractivity contribution in [3.63, 3.8) is 0 Å². The number of likely N-dealkylation sites (tertiary alicyclic amines) is 1. The van der Waals surface area contributed by atoms with Crippen molar-refractivity contribution < 1.29 is 22.7 Å². The van der Waals surface area contributed by atoms with Gasteiger partial charge in [0.1, 0.15) is 0 Å². The number of ether oxygens (including phenoxy) is 2. The van der Waals surface area contributed by atoms with E-state index in [1.807, 2.05) is 6.20 Å². The molecule has 0 spiro atoms. The molecule has 1 saturated carbocycles. The Labute approximate surface area is 188 Å². The maximum Gasteiger partial charge on any atom is 0.409 e. The second kappa shape index (κ2) is 9.76. The van der Waals surface area contributed by atoms with Crippen LogP contribution in [0.25, 0.3) is 10.9 Å². The lowest BCUT2D eigenvalue weighted by Crippen LogP contribution is -2.52. The monoisotopic (exact) mass is 464 g/mol. The summed E-state index contributed by atoms with van der Waals surface area (Å²) in [5.41, 5.74) is 2.38. The number of sulfonamides is 1. The van der Waals surface area contributed by atoms with E-state index < -0.39 is 21.4 Å². The van der Waals surface area contributed by atoms with Gasteiger partial charge in [-0.25, -0.2) is 17.9 Å². The number of aromatic nitrogens is 2. The van der Waals surface area contributed by atoms with E-state index in [0.29, 0.717) is 32.0 Å². The number of H-pyrrole nitrogens is 1. The fourth-order valence-corrected chi connectivity index (χ4v) is 6.45. The van der Waals surface area contributed by atoms with Gasteiger partial charge in [0.15, 0.2) is 0 Å². The summed E-state index contributed by atoms with van der Waals surface area (Å²) >= 11 is 0. The van der Waals surface area contributed by atoms with Crippen LogP contribution in [0.2, 0.25) is 0 Å². The van der Waals surface area contributed by atoms with Gasteiger partial charge in [-0.05, 0) is 62.8 Å². The maximum absolute atomic E-state index is 12.5. The summed E-state index contributed by atoms with van der Waals surface area (Å²) in [6, 6.07) is 6.46. The average Bonchev–Trinajstić information content (AvgIpc) is 3.30. The number of nitrogens with zero attached hydrogens (tertiary/aromatic N) is 2. The molecule has 1 aliphatic heterocycles. The second-order valence-electron chi connectivity index (χ2n) is 8.78. The molecule has 0 bridgehead atoms. The van der Waals surface area contributed by atoms with E-state index in [1.165, 1.54) is 19.7 Å². The largest absolute Gasteiger partial charge is 0.453 e. The van der Waals surface area contributed by atoms with Gasteiger partial charge in [-0.2, -0.15) is 5.10 Å². The molecule has 2 aliphatic rings. The fourth-order valence-electron chi connectivity index (χ4n) is 5.06. The van der Waals surface area contributed by atoms with Crippen LogP contribution in [0.3, 0.4) is 0 Å².